The number of halogens is 1. The van der Waals surface area contributed by atoms with Gasteiger partial charge in [-0.15, -0.1) is 0 Å². The van der Waals surface area contributed by atoms with Gasteiger partial charge in [0.15, 0.2) is 5.78 Å². The summed E-state index contributed by atoms with van der Waals surface area (Å²) in [4.78, 5) is 14.2. The summed E-state index contributed by atoms with van der Waals surface area (Å²) in [5.41, 5.74) is 0.192. The van der Waals surface area contributed by atoms with Crippen LogP contribution in [-0.2, 0) is 4.74 Å². The van der Waals surface area contributed by atoms with Gasteiger partial charge in [0.05, 0.1) is 17.8 Å². The fourth-order valence-corrected chi connectivity index (χ4v) is 2.55. The van der Waals surface area contributed by atoms with Crippen LogP contribution in [-0.4, -0.2) is 42.5 Å². The highest BCUT2D eigenvalue weighted by Gasteiger charge is 2.22. The van der Waals surface area contributed by atoms with Gasteiger partial charge < -0.3 is 4.74 Å². The van der Waals surface area contributed by atoms with E-state index in [0.29, 0.717) is 13.0 Å². The molecule has 19 heavy (non-hydrogen) atoms. The van der Waals surface area contributed by atoms with Crippen molar-refractivity contribution in [3.05, 3.63) is 35.6 Å². The van der Waals surface area contributed by atoms with Crippen LogP contribution in [0.1, 0.15) is 30.6 Å². The summed E-state index contributed by atoms with van der Waals surface area (Å²) in [6, 6.07) is 6.15. The van der Waals surface area contributed by atoms with Gasteiger partial charge in [-0.25, -0.2) is 4.39 Å². The van der Waals surface area contributed by atoms with Gasteiger partial charge in [-0.05, 0) is 26.0 Å². The van der Waals surface area contributed by atoms with Crippen LogP contribution < -0.4 is 0 Å². The summed E-state index contributed by atoms with van der Waals surface area (Å²) < 4.78 is 19.1. The van der Waals surface area contributed by atoms with Crippen LogP contribution >= 0.6 is 0 Å². The maximum atomic E-state index is 13.5. The van der Waals surface area contributed by atoms with E-state index in [0.717, 1.165) is 13.1 Å². The number of ether oxygens (including phenoxy) is 1. The molecule has 1 saturated heterocycles. The molecule has 1 aromatic carbocycles. The van der Waals surface area contributed by atoms with Crippen molar-refractivity contribution in [2.45, 2.75) is 32.5 Å². The monoisotopic (exact) mass is 265 g/mol. The van der Waals surface area contributed by atoms with Crippen molar-refractivity contribution in [3.63, 3.8) is 0 Å². The van der Waals surface area contributed by atoms with E-state index in [-0.39, 0.29) is 23.6 Å². The summed E-state index contributed by atoms with van der Waals surface area (Å²) in [6.07, 6.45) is 0.722. The third-order valence-electron chi connectivity index (χ3n) is 3.32. The lowest BCUT2D eigenvalue weighted by molar-refractivity contribution is -0.0675. The largest absolute Gasteiger partial charge is 0.373 e. The highest BCUT2D eigenvalue weighted by molar-refractivity contribution is 5.96. The molecule has 0 amide bonds. The van der Waals surface area contributed by atoms with E-state index in [1.165, 1.54) is 6.07 Å². The minimum absolute atomic E-state index is 0.134. The topological polar surface area (TPSA) is 29.5 Å². The van der Waals surface area contributed by atoms with Gasteiger partial charge in [0, 0.05) is 26.1 Å². The predicted molar refractivity (Wildman–Crippen MR) is 71.8 cm³/mol. The molecular weight excluding hydrogens is 245 g/mol. The second-order valence-electron chi connectivity index (χ2n) is 5.17. The van der Waals surface area contributed by atoms with Crippen molar-refractivity contribution in [1.29, 1.82) is 0 Å². The Labute approximate surface area is 113 Å². The molecule has 1 fully saturated rings. The maximum absolute atomic E-state index is 13.5. The van der Waals surface area contributed by atoms with Gasteiger partial charge in [-0.2, -0.15) is 0 Å². The average molecular weight is 265 g/mol. The number of hydrogen-bond acceptors (Lipinski definition) is 3. The first-order valence-electron chi connectivity index (χ1n) is 6.72. The van der Waals surface area contributed by atoms with Gasteiger partial charge in [-0.3, -0.25) is 9.69 Å². The number of Topliss-reactive ketones (excluding diaryl/α,β-unsaturated/α-hetero) is 1. The Kier molecular flexibility index (Phi) is 4.66. The van der Waals surface area contributed by atoms with Crippen LogP contribution in [0.15, 0.2) is 24.3 Å². The van der Waals surface area contributed by atoms with Crippen molar-refractivity contribution in [1.82, 2.24) is 4.90 Å². The Balaban J connectivity index is 1.89. The molecule has 3 nitrogen and oxygen atoms in total. The molecule has 104 valence electrons. The number of nitrogens with zero attached hydrogens (tertiary/aromatic N) is 1. The molecule has 1 heterocycles. The standard InChI is InChI=1S/C15H20FNO2/c1-11-9-17(10-12(2)19-11)8-7-15(18)13-5-3-4-6-14(13)16/h3-6,11-12H,7-10H2,1-2H3/t11-,12+. The van der Waals surface area contributed by atoms with Crippen molar-refractivity contribution < 1.29 is 13.9 Å². The zero-order valence-electron chi connectivity index (χ0n) is 11.4. The van der Waals surface area contributed by atoms with Crippen LogP contribution in [0.5, 0.6) is 0 Å². The number of carbonyl (C=O) groups is 1. The molecule has 0 unspecified atom stereocenters. The molecule has 1 aliphatic rings. The number of morpholine rings is 1. The van der Waals surface area contributed by atoms with Crippen LogP contribution in [0.4, 0.5) is 4.39 Å². The lowest BCUT2D eigenvalue weighted by Gasteiger charge is -2.35. The molecule has 0 aliphatic carbocycles. The molecule has 1 aromatic rings. The van der Waals surface area contributed by atoms with Gasteiger partial charge in [-0.1, -0.05) is 12.1 Å². The van der Waals surface area contributed by atoms with E-state index in [2.05, 4.69) is 4.90 Å². The van der Waals surface area contributed by atoms with E-state index in [9.17, 15) is 9.18 Å². The quantitative estimate of drug-likeness (QED) is 0.783. The summed E-state index contributed by atoms with van der Waals surface area (Å²) in [6.45, 7) is 6.37. The number of hydrogen-bond donors (Lipinski definition) is 0. The third kappa shape index (κ3) is 3.85. The smallest absolute Gasteiger partial charge is 0.167 e. The van der Waals surface area contributed by atoms with Gasteiger partial charge >= 0.3 is 0 Å². The molecule has 0 N–H and O–H groups in total. The molecule has 0 bridgehead atoms. The van der Waals surface area contributed by atoms with Crippen molar-refractivity contribution in [2.75, 3.05) is 19.6 Å². The Morgan fingerprint density at radius 3 is 2.58 bits per heavy atom. The highest BCUT2D eigenvalue weighted by Crippen LogP contribution is 2.13. The summed E-state index contributed by atoms with van der Waals surface area (Å²) >= 11 is 0. The number of ketones is 1. The first-order valence-corrected chi connectivity index (χ1v) is 6.72. The molecule has 0 radical (unpaired) electrons. The number of rotatable bonds is 4. The first kappa shape index (κ1) is 14.2. The first-order chi connectivity index (χ1) is 9.06. The van der Waals surface area contributed by atoms with E-state index in [1.807, 2.05) is 13.8 Å². The molecule has 2 rings (SSSR count). The fourth-order valence-electron chi connectivity index (χ4n) is 2.55. The lowest BCUT2D eigenvalue weighted by Crippen LogP contribution is -2.46. The highest BCUT2D eigenvalue weighted by atomic mass is 19.1. The minimum atomic E-state index is -0.434. The number of benzene rings is 1. The van der Waals surface area contributed by atoms with Crippen LogP contribution in [0.2, 0.25) is 0 Å². The molecular formula is C15H20FNO2. The minimum Gasteiger partial charge on any atom is -0.373 e. The van der Waals surface area contributed by atoms with Crippen LogP contribution in [0.3, 0.4) is 0 Å². The molecule has 1 aliphatic heterocycles. The lowest BCUT2D eigenvalue weighted by atomic mass is 10.1. The van der Waals surface area contributed by atoms with E-state index in [4.69, 9.17) is 4.74 Å². The fraction of sp³-hybridized carbons (Fsp3) is 0.533. The zero-order valence-corrected chi connectivity index (χ0v) is 11.4. The zero-order chi connectivity index (χ0) is 13.8. The molecule has 4 heteroatoms. The van der Waals surface area contributed by atoms with E-state index < -0.39 is 5.82 Å². The summed E-state index contributed by atoms with van der Waals surface area (Å²) in [5.74, 6) is -0.568. The Hall–Kier alpha value is -1.26. The van der Waals surface area contributed by atoms with Crippen molar-refractivity contribution in [3.8, 4) is 0 Å². The second kappa shape index (κ2) is 6.26. The van der Waals surface area contributed by atoms with Gasteiger partial charge in [0.1, 0.15) is 5.82 Å². The third-order valence-corrected chi connectivity index (χ3v) is 3.32. The Morgan fingerprint density at radius 1 is 1.32 bits per heavy atom. The molecule has 2 atom stereocenters. The van der Waals surface area contributed by atoms with Crippen LogP contribution in [0, 0.1) is 5.82 Å². The van der Waals surface area contributed by atoms with Crippen LogP contribution in [0.25, 0.3) is 0 Å². The Bertz CT molecular complexity index is 440. The van der Waals surface area contributed by atoms with Gasteiger partial charge in [0.2, 0.25) is 0 Å². The molecule has 0 saturated carbocycles. The van der Waals surface area contributed by atoms with Crippen molar-refractivity contribution >= 4 is 5.78 Å². The molecule has 0 aromatic heterocycles. The van der Waals surface area contributed by atoms with Crippen molar-refractivity contribution in [2.24, 2.45) is 0 Å². The van der Waals surface area contributed by atoms with Gasteiger partial charge in [0.25, 0.3) is 0 Å². The predicted octanol–water partition coefficient (Wildman–Crippen LogP) is 2.51. The second-order valence-corrected chi connectivity index (χ2v) is 5.17. The normalized spacial score (nSPS) is 24.4. The van der Waals surface area contributed by atoms with E-state index in [1.54, 1.807) is 18.2 Å². The number of carbonyl (C=O) groups excluding carboxylic acids is 1. The SMILES string of the molecule is C[C@@H]1CN(CCC(=O)c2ccccc2F)C[C@H](C)O1. The maximum Gasteiger partial charge on any atom is 0.167 e. The average Bonchev–Trinajstić information content (AvgIpc) is 2.35. The summed E-state index contributed by atoms with van der Waals surface area (Å²) in [7, 11) is 0. The Morgan fingerprint density at radius 2 is 1.95 bits per heavy atom. The summed E-state index contributed by atoms with van der Waals surface area (Å²) in [5, 5.41) is 0. The molecule has 0 spiro atoms. The van der Waals surface area contributed by atoms with E-state index >= 15 is 0 Å².